The van der Waals surface area contributed by atoms with Crippen LogP contribution in [0.25, 0.3) is 0 Å². The second kappa shape index (κ2) is 6.64. The zero-order valence-electron chi connectivity index (χ0n) is 12.8. The number of benzene rings is 1. The number of nitrogens with two attached hydrogens (primary N) is 1. The topological polar surface area (TPSA) is 152 Å². The van der Waals surface area contributed by atoms with E-state index in [1.54, 1.807) is 12.1 Å². The summed E-state index contributed by atoms with van der Waals surface area (Å²) in [5.74, 6) is 2.83. The summed E-state index contributed by atoms with van der Waals surface area (Å²) in [6.07, 6.45) is 0. The molecule has 0 unspecified atom stereocenters. The second-order valence-corrected chi connectivity index (χ2v) is 7.63. The van der Waals surface area contributed by atoms with E-state index < -0.39 is 32.1 Å². The standard InChI is InChI=1S/C14H9N5O5S2/c15-26(23,24)14-18-17-13(25-14)16-10(20)6-3-7-19-11(21)8-4-1-2-5-9(8)12(19)22/h1-2,4-5H,7H2,(H2,15,23,24)(H,16,17,20). The Labute approximate surface area is 151 Å². The van der Waals surface area contributed by atoms with Gasteiger partial charge in [-0.15, -0.1) is 10.2 Å². The number of carbonyl (C=O) groups excluding carboxylic acids is 3. The predicted octanol–water partition coefficient (Wildman–Crippen LogP) is -0.576. The number of primary sulfonamides is 1. The van der Waals surface area contributed by atoms with Gasteiger partial charge in [0.2, 0.25) is 9.47 Å². The monoisotopic (exact) mass is 391 g/mol. The molecule has 1 aromatic heterocycles. The summed E-state index contributed by atoms with van der Waals surface area (Å²) in [7, 11) is -4.01. The molecule has 0 bridgehead atoms. The molecule has 10 nitrogen and oxygen atoms in total. The smallest absolute Gasteiger partial charge is 0.289 e. The SMILES string of the molecule is NS(=O)(=O)c1nnc(NC(=O)C#CCN2C(=O)c3ccccc3C2=O)s1. The van der Waals surface area contributed by atoms with Gasteiger partial charge < -0.3 is 0 Å². The third-order valence-corrected chi connectivity index (χ3v) is 5.34. The summed E-state index contributed by atoms with van der Waals surface area (Å²) >= 11 is 0.566. The second-order valence-electron chi connectivity index (χ2n) is 4.92. The van der Waals surface area contributed by atoms with Crippen molar-refractivity contribution in [1.29, 1.82) is 0 Å². The molecular formula is C14H9N5O5S2. The highest BCUT2D eigenvalue weighted by Gasteiger charge is 2.34. The number of nitrogens with zero attached hydrogens (tertiary/aromatic N) is 3. The molecular weight excluding hydrogens is 382 g/mol. The number of carbonyl (C=O) groups is 3. The van der Waals surface area contributed by atoms with Crippen LogP contribution < -0.4 is 10.5 Å². The van der Waals surface area contributed by atoms with E-state index in [2.05, 4.69) is 27.4 Å². The molecule has 0 spiro atoms. The Bertz CT molecular complexity index is 1060. The van der Waals surface area contributed by atoms with Gasteiger partial charge in [0.1, 0.15) is 0 Å². The molecule has 0 saturated carbocycles. The number of fused-ring (bicyclic) bond motifs is 1. The minimum absolute atomic E-state index is 0.103. The highest BCUT2D eigenvalue weighted by Crippen LogP contribution is 2.21. The molecule has 2 aromatic rings. The molecule has 3 rings (SSSR count). The van der Waals surface area contributed by atoms with Crippen LogP contribution in [0.15, 0.2) is 28.6 Å². The van der Waals surface area contributed by atoms with Gasteiger partial charge in [-0.05, 0) is 18.1 Å². The Morgan fingerprint density at radius 3 is 2.35 bits per heavy atom. The number of rotatable bonds is 3. The van der Waals surface area contributed by atoms with Crippen LogP contribution >= 0.6 is 11.3 Å². The van der Waals surface area contributed by atoms with Crippen molar-refractivity contribution in [2.24, 2.45) is 5.14 Å². The van der Waals surface area contributed by atoms with Gasteiger partial charge in [-0.1, -0.05) is 29.4 Å². The van der Waals surface area contributed by atoms with Gasteiger partial charge in [-0.3, -0.25) is 24.6 Å². The molecule has 0 atom stereocenters. The van der Waals surface area contributed by atoms with Crippen LogP contribution in [0.1, 0.15) is 20.7 Å². The number of hydrogen-bond acceptors (Lipinski definition) is 8. The molecule has 1 aliphatic heterocycles. The summed E-state index contributed by atoms with van der Waals surface area (Å²) in [6, 6.07) is 6.36. The van der Waals surface area contributed by atoms with Crippen molar-refractivity contribution in [2.75, 3.05) is 11.9 Å². The van der Waals surface area contributed by atoms with Gasteiger partial charge in [0.15, 0.2) is 0 Å². The van der Waals surface area contributed by atoms with Gasteiger partial charge in [0.25, 0.3) is 21.8 Å². The van der Waals surface area contributed by atoms with Gasteiger partial charge in [0.05, 0.1) is 17.7 Å². The number of anilines is 1. The van der Waals surface area contributed by atoms with Crippen LogP contribution in [0.4, 0.5) is 5.13 Å². The van der Waals surface area contributed by atoms with Crippen molar-refractivity contribution < 1.29 is 22.8 Å². The van der Waals surface area contributed by atoms with E-state index in [4.69, 9.17) is 5.14 Å². The molecule has 26 heavy (non-hydrogen) atoms. The van der Waals surface area contributed by atoms with E-state index in [1.165, 1.54) is 12.1 Å². The minimum atomic E-state index is -4.01. The van der Waals surface area contributed by atoms with Crippen LogP contribution in [0.5, 0.6) is 0 Å². The molecule has 0 saturated heterocycles. The van der Waals surface area contributed by atoms with Crippen molar-refractivity contribution in [1.82, 2.24) is 15.1 Å². The van der Waals surface area contributed by atoms with Crippen molar-refractivity contribution in [3.63, 3.8) is 0 Å². The molecule has 0 radical (unpaired) electrons. The highest BCUT2D eigenvalue weighted by molar-refractivity contribution is 7.91. The Hall–Kier alpha value is -3.14. The number of amides is 3. The maximum atomic E-state index is 12.1. The van der Waals surface area contributed by atoms with Crippen molar-refractivity contribution in [2.45, 2.75) is 4.34 Å². The van der Waals surface area contributed by atoms with Gasteiger partial charge in [0, 0.05) is 0 Å². The van der Waals surface area contributed by atoms with Crippen LogP contribution in [0.2, 0.25) is 0 Å². The van der Waals surface area contributed by atoms with E-state index in [0.29, 0.717) is 11.3 Å². The molecule has 3 amide bonds. The Kier molecular flexibility index (Phi) is 4.51. The Balaban J connectivity index is 1.64. The molecule has 1 aliphatic rings. The Morgan fingerprint density at radius 2 is 1.81 bits per heavy atom. The Morgan fingerprint density at radius 1 is 1.19 bits per heavy atom. The number of nitrogens with one attached hydrogen (secondary N) is 1. The zero-order valence-corrected chi connectivity index (χ0v) is 14.4. The lowest BCUT2D eigenvalue weighted by Crippen LogP contribution is -2.30. The van der Waals surface area contributed by atoms with E-state index >= 15 is 0 Å². The van der Waals surface area contributed by atoms with Gasteiger partial charge in [-0.2, -0.15) is 0 Å². The van der Waals surface area contributed by atoms with Crippen LogP contribution in [-0.2, 0) is 14.8 Å². The van der Waals surface area contributed by atoms with E-state index in [-0.39, 0.29) is 22.8 Å². The summed E-state index contributed by atoms with van der Waals surface area (Å²) in [5.41, 5.74) is 0.571. The van der Waals surface area contributed by atoms with Crippen LogP contribution in [0.3, 0.4) is 0 Å². The van der Waals surface area contributed by atoms with Gasteiger partial charge >= 0.3 is 5.91 Å². The minimum Gasteiger partial charge on any atom is -0.289 e. The molecule has 132 valence electrons. The normalized spacial score (nSPS) is 13.2. The molecule has 3 N–H and O–H groups in total. The van der Waals surface area contributed by atoms with E-state index in [9.17, 15) is 22.8 Å². The fourth-order valence-electron chi connectivity index (χ4n) is 2.09. The van der Waals surface area contributed by atoms with Crippen molar-refractivity contribution >= 4 is 44.2 Å². The average Bonchev–Trinajstić information content (AvgIpc) is 3.14. The summed E-state index contributed by atoms with van der Waals surface area (Å²) in [4.78, 5) is 36.9. The summed E-state index contributed by atoms with van der Waals surface area (Å²) < 4.78 is 21.7. The van der Waals surface area contributed by atoms with Crippen molar-refractivity contribution in [3.8, 4) is 11.8 Å². The number of imide groups is 1. The lowest BCUT2D eigenvalue weighted by atomic mass is 10.1. The maximum Gasteiger partial charge on any atom is 0.302 e. The van der Waals surface area contributed by atoms with Gasteiger partial charge in [-0.25, -0.2) is 13.6 Å². The number of hydrogen-bond donors (Lipinski definition) is 2. The average molecular weight is 391 g/mol. The first kappa shape index (κ1) is 17.7. The molecule has 0 aliphatic carbocycles. The molecule has 1 aromatic carbocycles. The lowest BCUT2D eigenvalue weighted by molar-refractivity contribution is -0.111. The third kappa shape index (κ3) is 3.45. The predicted molar refractivity (Wildman–Crippen MR) is 89.5 cm³/mol. The fourth-order valence-corrected chi connectivity index (χ4v) is 3.41. The molecule has 0 fully saturated rings. The summed E-state index contributed by atoms with van der Waals surface area (Å²) in [5, 5.41) is 13.8. The largest absolute Gasteiger partial charge is 0.302 e. The summed E-state index contributed by atoms with van der Waals surface area (Å²) in [6.45, 7) is -0.266. The highest BCUT2D eigenvalue weighted by atomic mass is 32.2. The van der Waals surface area contributed by atoms with E-state index in [1.807, 2.05) is 0 Å². The van der Waals surface area contributed by atoms with Crippen LogP contribution in [0, 0.1) is 11.8 Å². The number of sulfonamides is 1. The number of aromatic nitrogens is 2. The van der Waals surface area contributed by atoms with Crippen molar-refractivity contribution in [3.05, 3.63) is 35.4 Å². The third-order valence-electron chi connectivity index (χ3n) is 3.19. The quantitative estimate of drug-likeness (QED) is 0.403. The maximum absolute atomic E-state index is 12.1. The van der Waals surface area contributed by atoms with Crippen LogP contribution in [-0.4, -0.2) is 47.8 Å². The molecule has 2 heterocycles. The first-order valence-electron chi connectivity index (χ1n) is 6.89. The first-order valence-corrected chi connectivity index (χ1v) is 9.25. The molecule has 12 heteroatoms. The fraction of sp³-hybridized carbons (Fsp3) is 0.0714. The van der Waals surface area contributed by atoms with E-state index in [0.717, 1.165) is 4.90 Å². The zero-order chi connectivity index (χ0) is 18.9. The first-order chi connectivity index (χ1) is 12.3. The lowest BCUT2D eigenvalue weighted by Gasteiger charge is -2.08.